The van der Waals surface area contributed by atoms with Crippen LogP contribution < -0.4 is 5.32 Å². The lowest BCUT2D eigenvalue weighted by molar-refractivity contribution is -0.152. The summed E-state index contributed by atoms with van der Waals surface area (Å²) in [5.41, 5.74) is 2.23. The molecule has 0 saturated heterocycles. The van der Waals surface area contributed by atoms with Gasteiger partial charge < -0.3 is 10.1 Å². The van der Waals surface area contributed by atoms with E-state index in [0.717, 1.165) is 46.2 Å². The van der Waals surface area contributed by atoms with E-state index >= 15 is 0 Å². The lowest BCUT2D eigenvalue weighted by Gasteiger charge is -2.17. The zero-order valence-corrected chi connectivity index (χ0v) is 16.8. The van der Waals surface area contributed by atoms with Gasteiger partial charge in [0.25, 0.3) is 5.91 Å². The van der Waals surface area contributed by atoms with Gasteiger partial charge >= 0.3 is 5.97 Å². The van der Waals surface area contributed by atoms with Gasteiger partial charge in [-0.1, -0.05) is 28.8 Å². The molecule has 1 atom stereocenters. The number of hydrogen-bond donors (Lipinski definition) is 1. The molecule has 0 heterocycles. The highest BCUT2D eigenvalue weighted by Gasteiger charge is 2.23. The van der Waals surface area contributed by atoms with Crippen molar-refractivity contribution in [2.24, 2.45) is 0 Å². The van der Waals surface area contributed by atoms with E-state index in [1.54, 1.807) is 6.92 Å². The lowest BCUT2D eigenvalue weighted by atomic mass is 10.2. The van der Waals surface area contributed by atoms with Gasteiger partial charge in [0.05, 0.1) is 5.75 Å². The quantitative estimate of drug-likeness (QED) is 0.561. The molecular formula is C18H24BrNO3S. The standard InChI is InChI=1S/C18H24BrNO3S/c1-11-9-16(12(2)8-15(11)19)24-10-17(21)23-13(3)18(22)20-14-6-4-5-7-14/h8-9,13-14H,4-7,10H2,1-3H3,(H,20,22)/t13-/m0/s1. The Hall–Kier alpha value is -1.01. The van der Waals surface area contributed by atoms with E-state index in [9.17, 15) is 9.59 Å². The van der Waals surface area contributed by atoms with Crippen LogP contribution in [0.25, 0.3) is 0 Å². The Morgan fingerprint density at radius 2 is 1.96 bits per heavy atom. The first-order valence-corrected chi connectivity index (χ1v) is 10.0. The molecule has 2 rings (SSSR count). The maximum atomic E-state index is 12.0. The highest BCUT2D eigenvalue weighted by Crippen LogP contribution is 2.28. The molecule has 1 fully saturated rings. The largest absolute Gasteiger partial charge is 0.452 e. The normalized spacial score (nSPS) is 16.0. The molecule has 0 spiro atoms. The van der Waals surface area contributed by atoms with Gasteiger partial charge in [-0.25, -0.2) is 0 Å². The molecule has 132 valence electrons. The number of carbonyl (C=O) groups is 2. The summed E-state index contributed by atoms with van der Waals surface area (Å²) in [4.78, 5) is 25.1. The molecule has 0 radical (unpaired) electrons. The third-order valence-electron chi connectivity index (χ3n) is 4.18. The Balaban J connectivity index is 1.80. The predicted molar refractivity (Wildman–Crippen MR) is 100 cm³/mol. The summed E-state index contributed by atoms with van der Waals surface area (Å²) in [6, 6.07) is 4.33. The summed E-state index contributed by atoms with van der Waals surface area (Å²) in [6.45, 7) is 5.65. The smallest absolute Gasteiger partial charge is 0.317 e. The maximum absolute atomic E-state index is 12.0. The molecule has 0 aromatic heterocycles. The van der Waals surface area contributed by atoms with Crippen molar-refractivity contribution < 1.29 is 14.3 Å². The van der Waals surface area contributed by atoms with Gasteiger partial charge in [0, 0.05) is 15.4 Å². The van der Waals surface area contributed by atoms with Crippen LogP contribution in [0.3, 0.4) is 0 Å². The second-order valence-corrected chi connectivity index (χ2v) is 8.15. The molecule has 1 aliphatic carbocycles. The Morgan fingerprint density at radius 3 is 2.62 bits per heavy atom. The molecule has 1 amide bonds. The molecular weight excluding hydrogens is 390 g/mol. The number of aryl methyl sites for hydroxylation is 2. The third-order valence-corrected chi connectivity index (χ3v) is 6.17. The minimum atomic E-state index is -0.744. The summed E-state index contributed by atoms with van der Waals surface area (Å²) in [5.74, 6) is -0.367. The van der Waals surface area contributed by atoms with Crippen LogP contribution in [0, 0.1) is 13.8 Å². The number of hydrogen-bond acceptors (Lipinski definition) is 4. The first kappa shape index (κ1) is 19.3. The Labute approximate surface area is 156 Å². The fourth-order valence-corrected chi connectivity index (χ4v) is 4.07. The van der Waals surface area contributed by atoms with Crippen LogP contribution in [0.15, 0.2) is 21.5 Å². The van der Waals surface area contributed by atoms with Crippen molar-refractivity contribution in [2.45, 2.75) is 63.5 Å². The van der Waals surface area contributed by atoms with E-state index in [1.165, 1.54) is 11.8 Å². The Bertz CT molecular complexity index is 615. The van der Waals surface area contributed by atoms with E-state index in [1.807, 2.05) is 26.0 Å². The second-order valence-electron chi connectivity index (χ2n) is 6.28. The molecule has 4 nitrogen and oxygen atoms in total. The molecule has 1 N–H and O–H groups in total. The number of thioether (sulfide) groups is 1. The lowest BCUT2D eigenvalue weighted by Crippen LogP contribution is -2.41. The van der Waals surface area contributed by atoms with E-state index in [0.29, 0.717) is 0 Å². The van der Waals surface area contributed by atoms with E-state index < -0.39 is 6.10 Å². The molecule has 1 aromatic rings. The average Bonchev–Trinajstić information content (AvgIpc) is 3.02. The molecule has 1 aliphatic rings. The van der Waals surface area contributed by atoms with Crippen LogP contribution in [-0.2, 0) is 14.3 Å². The van der Waals surface area contributed by atoms with Gasteiger partial charge in [-0.05, 0) is 56.9 Å². The monoisotopic (exact) mass is 413 g/mol. The first-order chi connectivity index (χ1) is 11.4. The van der Waals surface area contributed by atoms with Crippen LogP contribution in [0.4, 0.5) is 0 Å². The van der Waals surface area contributed by atoms with E-state index in [2.05, 4.69) is 21.2 Å². The predicted octanol–water partition coefficient (Wildman–Crippen LogP) is 4.15. The van der Waals surface area contributed by atoms with Gasteiger partial charge in [-0.2, -0.15) is 0 Å². The van der Waals surface area contributed by atoms with Crippen LogP contribution in [-0.4, -0.2) is 29.8 Å². The van der Waals surface area contributed by atoms with Crippen LogP contribution in [0.5, 0.6) is 0 Å². The fourth-order valence-electron chi connectivity index (χ4n) is 2.72. The van der Waals surface area contributed by atoms with E-state index in [-0.39, 0.29) is 23.7 Å². The summed E-state index contributed by atoms with van der Waals surface area (Å²) >= 11 is 4.94. The SMILES string of the molecule is Cc1cc(SCC(=O)O[C@@H](C)C(=O)NC2CCCC2)c(C)cc1Br. The van der Waals surface area contributed by atoms with Gasteiger partial charge in [0.1, 0.15) is 0 Å². The van der Waals surface area contributed by atoms with Crippen molar-refractivity contribution in [1.82, 2.24) is 5.32 Å². The van der Waals surface area contributed by atoms with Crippen molar-refractivity contribution in [3.05, 3.63) is 27.7 Å². The molecule has 0 aliphatic heterocycles. The molecule has 24 heavy (non-hydrogen) atoms. The number of nitrogens with one attached hydrogen (secondary N) is 1. The number of benzene rings is 1. The van der Waals surface area contributed by atoms with Gasteiger partial charge in [0.15, 0.2) is 6.10 Å². The summed E-state index contributed by atoms with van der Waals surface area (Å²) in [5, 5.41) is 2.95. The number of ether oxygens (including phenoxy) is 1. The minimum absolute atomic E-state index is 0.197. The van der Waals surface area contributed by atoms with Gasteiger partial charge in [-0.3, -0.25) is 9.59 Å². The van der Waals surface area contributed by atoms with Crippen molar-refractivity contribution in [3.63, 3.8) is 0 Å². The number of halogens is 1. The second kappa shape index (κ2) is 8.90. The zero-order chi connectivity index (χ0) is 17.7. The van der Waals surface area contributed by atoms with Crippen molar-refractivity contribution in [1.29, 1.82) is 0 Å². The van der Waals surface area contributed by atoms with E-state index in [4.69, 9.17) is 4.74 Å². The zero-order valence-electron chi connectivity index (χ0n) is 14.4. The number of amides is 1. The molecule has 1 saturated carbocycles. The van der Waals surface area contributed by atoms with Crippen LogP contribution in [0.2, 0.25) is 0 Å². The third kappa shape index (κ3) is 5.52. The molecule has 0 bridgehead atoms. The van der Waals surface area contributed by atoms with Gasteiger partial charge in [-0.15, -0.1) is 11.8 Å². The van der Waals surface area contributed by atoms with Crippen molar-refractivity contribution in [3.8, 4) is 0 Å². The molecule has 1 aromatic carbocycles. The van der Waals surface area contributed by atoms with Crippen LogP contribution >= 0.6 is 27.7 Å². The molecule has 0 unspecified atom stereocenters. The minimum Gasteiger partial charge on any atom is -0.452 e. The van der Waals surface area contributed by atoms with Crippen molar-refractivity contribution >= 4 is 39.6 Å². The summed E-state index contributed by atoms with van der Waals surface area (Å²) in [7, 11) is 0. The Morgan fingerprint density at radius 1 is 1.29 bits per heavy atom. The van der Waals surface area contributed by atoms with Crippen LogP contribution in [0.1, 0.15) is 43.7 Å². The first-order valence-electron chi connectivity index (χ1n) is 8.26. The van der Waals surface area contributed by atoms with Gasteiger partial charge in [0.2, 0.25) is 0 Å². The number of carbonyl (C=O) groups excluding carboxylic acids is 2. The molecule has 6 heteroatoms. The highest BCUT2D eigenvalue weighted by atomic mass is 79.9. The highest BCUT2D eigenvalue weighted by molar-refractivity contribution is 9.10. The van der Waals surface area contributed by atoms with Crippen molar-refractivity contribution in [2.75, 3.05) is 5.75 Å². The number of rotatable bonds is 6. The fraction of sp³-hybridized carbons (Fsp3) is 0.556. The Kier molecular flexibility index (Phi) is 7.16. The average molecular weight is 414 g/mol. The maximum Gasteiger partial charge on any atom is 0.317 e. The topological polar surface area (TPSA) is 55.4 Å². The summed E-state index contributed by atoms with van der Waals surface area (Å²) < 4.78 is 6.32. The number of esters is 1. The summed E-state index contributed by atoms with van der Waals surface area (Å²) in [6.07, 6.45) is 3.60.